The Kier molecular flexibility index (Phi) is 10.5. The molecule has 0 fully saturated rings. The Labute approximate surface area is 117 Å². The predicted molar refractivity (Wildman–Crippen MR) is 84.9 cm³/mol. The highest BCUT2D eigenvalue weighted by molar-refractivity contribution is 7.80. The summed E-state index contributed by atoms with van der Waals surface area (Å²) >= 11 is 9.81. The van der Waals surface area contributed by atoms with Gasteiger partial charge in [0.2, 0.25) is 0 Å². The Morgan fingerprint density at radius 2 is 1.28 bits per heavy atom. The molecule has 0 atom stereocenters. The highest BCUT2D eigenvalue weighted by Gasteiger charge is 1.88. The third-order valence-electron chi connectivity index (χ3n) is 1.36. The van der Waals surface area contributed by atoms with Crippen LogP contribution in [0.5, 0.6) is 0 Å². The minimum Gasteiger partial charge on any atom is -0.358 e. The number of hydrazone groups is 2. The lowest BCUT2D eigenvalue weighted by molar-refractivity contribution is 0.938. The van der Waals surface area contributed by atoms with Crippen LogP contribution in [0.15, 0.2) is 35.5 Å². The first-order chi connectivity index (χ1) is 8.70. The summed E-state index contributed by atoms with van der Waals surface area (Å²) in [5, 5.41) is 14.1. The van der Waals surface area contributed by atoms with Crippen molar-refractivity contribution in [3.8, 4) is 0 Å². The summed E-state index contributed by atoms with van der Waals surface area (Å²) in [6.45, 7) is 8.27. The molecule has 0 aliphatic carbocycles. The Balaban J connectivity index is 3.68. The zero-order chi connectivity index (χ0) is 13.6. The zero-order valence-corrected chi connectivity index (χ0v) is 11.5. The van der Waals surface area contributed by atoms with Crippen LogP contribution in [0.3, 0.4) is 0 Å². The van der Waals surface area contributed by atoms with Crippen LogP contribution in [0.1, 0.15) is 0 Å². The van der Waals surface area contributed by atoms with E-state index < -0.39 is 0 Å². The molecule has 0 bridgehead atoms. The minimum atomic E-state index is 0.413. The van der Waals surface area contributed by atoms with Crippen LogP contribution in [0.2, 0.25) is 0 Å². The standard InChI is InChI=1S/C10H16N6S2/c1-3-5-11-9(17)15-13-7-8-14-16-10(18)12-6-4-2/h3-4,7-8H,1-2,5-6H2,(H2,11,15,17)(H2,12,16,18). The number of rotatable bonds is 7. The molecule has 0 unspecified atom stereocenters. The van der Waals surface area contributed by atoms with Gasteiger partial charge in [-0.2, -0.15) is 10.2 Å². The first-order valence-corrected chi connectivity index (χ1v) is 5.86. The van der Waals surface area contributed by atoms with Gasteiger partial charge in [0, 0.05) is 13.1 Å². The van der Waals surface area contributed by atoms with Crippen LogP contribution in [0.25, 0.3) is 0 Å². The molecule has 98 valence electrons. The van der Waals surface area contributed by atoms with Crippen LogP contribution < -0.4 is 21.5 Å². The molecule has 0 aromatic heterocycles. The van der Waals surface area contributed by atoms with Gasteiger partial charge in [0.15, 0.2) is 10.2 Å². The van der Waals surface area contributed by atoms with Gasteiger partial charge in [0.25, 0.3) is 0 Å². The van der Waals surface area contributed by atoms with Gasteiger partial charge in [0.05, 0.1) is 12.4 Å². The van der Waals surface area contributed by atoms with Crippen molar-refractivity contribution in [2.75, 3.05) is 13.1 Å². The van der Waals surface area contributed by atoms with Gasteiger partial charge in [-0.05, 0) is 24.4 Å². The first-order valence-electron chi connectivity index (χ1n) is 5.05. The van der Waals surface area contributed by atoms with Crippen molar-refractivity contribution in [2.24, 2.45) is 10.2 Å². The molecule has 6 nitrogen and oxygen atoms in total. The molecule has 8 heteroatoms. The van der Waals surface area contributed by atoms with E-state index in [9.17, 15) is 0 Å². The summed E-state index contributed by atoms with van der Waals surface area (Å²) < 4.78 is 0. The van der Waals surface area contributed by atoms with Crippen LogP contribution in [-0.2, 0) is 0 Å². The Bertz CT molecular complexity index is 316. The molecular formula is C10H16N6S2. The van der Waals surface area contributed by atoms with Gasteiger partial charge in [0.1, 0.15) is 0 Å². The molecule has 18 heavy (non-hydrogen) atoms. The third-order valence-corrected chi connectivity index (χ3v) is 1.83. The fraction of sp³-hybridized carbons (Fsp3) is 0.200. The fourth-order valence-electron chi connectivity index (χ4n) is 0.667. The van der Waals surface area contributed by atoms with Gasteiger partial charge in [-0.25, -0.2) is 0 Å². The monoisotopic (exact) mass is 284 g/mol. The highest BCUT2D eigenvalue weighted by Crippen LogP contribution is 1.68. The predicted octanol–water partition coefficient (Wildman–Crippen LogP) is 0.258. The molecule has 0 heterocycles. The summed E-state index contributed by atoms with van der Waals surface area (Å²) in [5.41, 5.74) is 5.20. The largest absolute Gasteiger partial charge is 0.358 e. The van der Waals surface area contributed by atoms with Crippen molar-refractivity contribution < 1.29 is 0 Å². The Hall–Kier alpha value is -1.80. The van der Waals surface area contributed by atoms with Crippen LogP contribution in [0, 0.1) is 0 Å². The lowest BCUT2D eigenvalue weighted by Gasteiger charge is -2.03. The molecule has 4 N–H and O–H groups in total. The number of nitrogens with zero attached hydrogens (tertiary/aromatic N) is 2. The number of nitrogens with one attached hydrogen (secondary N) is 4. The molecule has 0 aromatic carbocycles. The van der Waals surface area contributed by atoms with E-state index in [1.807, 2.05) is 0 Å². The lowest BCUT2D eigenvalue weighted by Crippen LogP contribution is -2.32. The van der Waals surface area contributed by atoms with Crippen molar-refractivity contribution in [2.45, 2.75) is 0 Å². The maximum absolute atomic E-state index is 4.90. The van der Waals surface area contributed by atoms with E-state index in [4.69, 9.17) is 24.4 Å². The molecule has 0 aliphatic rings. The quantitative estimate of drug-likeness (QED) is 0.233. The normalized spacial score (nSPS) is 10.0. The summed E-state index contributed by atoms with van der Waals surface area (Å²) in [6.07, 6.45) is 6.26. The molecule has 0 saturated heterocycles. The van der Waals surface area contributed by atoms with E-state index in [-0.39, 0.29) is 0 Å². The second kappa shape index (κ2) is 11.7. The maximum Gasteiger partial charge on any atom is 0.187 e. The third kappa shape index (κ3) is 10.7. The summed E-state index contributed by atoms with van der Waals surface area (Å²) in [6, 6.07) is 0. The Morgan fingerprint density at radius 3 is 1.61 bits per heavy atom. The molecule has 0 rings (SSSR count). The molecular weight excluding hydrogens is 268 g/mol. The van der Waals surface area contributed by atoms with E-state index in [0.717, 1.165) is 0 Å². The average molecular weight is 284 g/mol. The number of hydrogen-bond acceptors (Lipinski definition) is 4. The SMILES string of the molecule is C=CCNC(=S)NN=CC=NNC(=S)NCC=C. The number of thiocarbonyl (C=S) groups is 2. The molecule has 0 amide bonds. The second-order valence-electron chi connectivity index (χ2n) is 2.78. The van der Waals surface area contributed by atoms with Gasteiger partial charge in [-0.3, -0.25) is 10.9 Å². The van der Waals surface area contributed by atoms with Gasteiger partial charge in [-0.15, -0.1) is 13.2 Å². The van der Waals surface area contributed by atoms with E-state index in [1.165, 1.54) is 12.4 Å². The van der Waals surface area contributed by atoms with Crippen LogP contribution >= 0.6 is 24.4 Å². The lowest BCUT2D eigenvalue weighted by atomic mass is 10.6. The topological polar surface area (TPSA) is 72.8 Å². The van der Waals surface area contributed by atoms with Crippen LogP contribution in [-0.4, -0.2) is 35.7 Å². The molecule has 0 spiro atoms. The van der Waals surface area contributed by atoms with E-state index in [2.05, 4.69) is 44.8 Å². The van der Waals surface area contributed by atoms with Crippen molar-refractivity contribution in [3.63, 3.8) is 0 Å². The van der Waals surface area contributed by atoms with E-state index in [0.29, 0.717) is 23.3 Å². The smallest absolute Gasteiger partial charge is 0.187 e. The molecule has 0 aliphatic heterocycles. The van der Waals surface area contributed by atoms with Crippen molar-refractivity contribution in [1.29, 1.82) is 0 Å². The van der Waals surface area contributed by atoms with Gasteiger partial charge >= 0.3 is 0 Å². The second-order valence-corrected chi connectivity index (χ2v) is 3.59. The zero-order valence-electron chi connectivity index (χ0n) is 9.85. The molecule has 0 radical (unpaired) electrons. The van der Waals surface area contributed by atoms with Crippen molar-refractivity contribution in [1.82, 2.24) is 21.5 Å². The molecule has 0 aromatic rings. The van der Waals surface area contributed by atoms with Crippen molar-refractivity contribution in [3.05, 3.63) is 25.3 Å². The fourth-order valence-corrected chi connectivity index (χ4v) is 0.939. The van der Waals surface area contributed by atoms with Gasteiger partial charge < -0.3 is 10.6 Å². The molecule has 0 saturated carbocycles. The summed E-state index contributed by atoms with van der Waals surface area (Å²) in [4.78, 5) is 0. The van der Waals surface area contributed by atoms with Crippen LogP contribution in [0.4, 0.5) is 0 Å². The van der Waals surface area contributed by atoms with Gasteiger partial charge in [-0.1, -0.05) is 12.2 Å². The van der Waals surface area contributed by atoms with Crippen molar-refractivity contribution >= 4 is 47.1 Å². The Morgan fingerprint density at radius 1 is 0.889 bits per heavy atom. The summed E-state index contributed by atoms with van der Waals surface area (Å²) in [7, 11) is 0. The minimum absolute atomic E-state index is 0.413. The summed E-state index contributed by atoms with van der Waals surface area (Å²) in [5.74, 6) is 0. The van der Waals surface area contributed by atoms with E-state index in [1.54, 1.807) is 12.2 Å². The number of hydrogen-bond donors (Lipinski definition) is 4. The highest BCUT2D eigenvalue weighted by atomic mass is 32.1. The first kappa shape index (κ1) is 16.2. The average Bonchev–Trinajstić information content (AvgIpc) is 2.37. The van der Waals surface area contributed by atoms with E-state index >= 15 is 0 Å². The maximum atomic E-state index is 4.90.